The van der Waals surface area contributed by atoms with Crippen LogP contribution in [0.4, 0.5) is 4.39 Å². The molecule has 0 spiro atoms. The fourth-order valence-corrected chi connectivity index (χ4v) is 4.13. The first kappa shape index (κ1) is 15.0. The molecule has 21 heavy (non-hydrogen) atoms. The van der Waals surface area contributed by atoms with Gasteiger partial charge in [-0.05, 0) is 68.8 Å². The van der Waals surface area contributed by atoms with E-state index in [0.717, 1.165) is 35.9 Å². The van der Waals surface area contributed by atoms with Crippen molar-refractivity contribution in [3.63, 3.8) is 0 Å². The Labute approximate surface area is 127 Å². The van der Waals surface area contributed by atoms with E-state index in [-0.39, 0.29) is 11.9 Å². The van der Waals surface area contributed by atoms with E-state index in [9.17, 15) is 4.39 Å². The number of fused-ring (bicyclic) bond motifs is 1. The first-order valence-electron chi connectivity index (χ1n) is 8.33. The van der Waals surface area contributed by atoms with Gasteiger partial charge >= 0.3 is 0 Å². The molecule has 1 N–H and O–H groups in total. The molecule has 1 aromatic carbocycles. The summed E-state index contributed by atoms with van der Waals surface area (Å²) in [5.41, 5.74) is 1.79. The second-order valence-corrected chi connectivity index (χ2v) is 6.85. The number of likely N-dealkylation sites (tertiary alicyclic amines) is 1. The van der Waals surface area contributed by atoms with Crippen LogP contribution in [-0.2, 0) is 0 Å². The zero-order valence-corrected chi connectivity index (χ0v) is 13.2. The zero-order valence-electron chi connectivity index (χ0n) is 13.2. The maximum absolute atomic E-state index is 13.7. The fourth-order valence-electron chi connectivity index (χ4n) is 4.13. The van der Waals surface area contributed by atoms with E-state index in [4.69, 9.17) is 0 Å². The van der Waals surface area contributed by atoms with E-state index < -0.39 is 0 Å². The number of halogens is 1. The first-order valence-corrected chi connectivity index (χ1v) is 8.33. The van der Waals surface area contributed by atoms with Crippen molar-refractivity contribution in [2.75, 3.05) is 26.7 Å². The summed E-state index contributed by atoms with van der Waals surface area (Å²) in [6.07, 6.45) is 5.35. The van der Waals surface area contributed by atoms with Gasteiger partial charge in [-0.2, -0.15) is 0 Å². The molecule has 0 aromatic heterocycles. The molecule has 1 aliphatic carbocycles. The number of nitrogens with one attached hydrogen (secondary N) is 1. The molecule has 3 heteroatoms. The van der Waals surface area contributed by atoms with Crippen molar-refractivity contribution in [3.8, 4) is 0 Å². The lowest BCUT2D eigenvalue weighted by molar-refractivity contribution is 0.291. The van der Waals surface area contributed by atoms with Crippen LogP contribution in [0.1, 0.15) is 42.9 Å². The number of hydrogen-bond donors (Lipinski definition) is 1. The van der Waals surface area contributed by atoms with Crippen LogP contribution in [0, 0.1) is 24.6 Å². The van der Waals surface area contributed by atoms with Crippen LogP contribution in [0.2, 0.25) is 0 Å². The topological polar surface area (TPSA) is 15.3 Å². The molecule has 1 saturated heterocycles. The molecule has 0 bridgehead atoms. The van der Waals surface area contributed by atoms with Crippen molar-refractivity contribution in [1.29, 1.82) is 0 Å². The Morgan fingerprint density at radius 2 is 2.00 bits per heavy atom. The monoisotopic (exact) mass is 290 g/mol. The molecule has 116 valence electrons. The Kier molecular flexibility index (Phi) is 4.60. The molecule has 0 amide bonds. The second kappa shape index (κ2) is 6.45. The highest BCUT2D eigenvalue weighted by Gasteiger charge is 2.35. The largest absolute Gasteiger partial charge is 0.313 e. The van der Waals surface area contributed by atoms with Gasteiger partial charge in [-0.15, -0.1) is 0 Å². The van der Waals surface area contributed by atoms with Gasteiger partial charge in [0.15, 0.2) is 0 Å². The summed E-state index contributed by atoms with van der Waals surface area (Å²) in [5.74, 6) is 1.81. The minimum Gasteiger partial charge on any atom is -0.313 e. The predicted octanol–water partition coefficient (Wildman–Crippen LogP) is 3.52. The average molecular weight is 290 g/mol. The van der Waals surface area contributed by atoms with Crippen LogP contribution in [-0.4, -0.2) is 31.6 Å². The summed E-state index contributed by atoms with van der Waals surface area (Å²) in [7, 11) is 1.97. The number of rotatable bonds is 5. The summed E-state index contributed by atoms with van der Waals surface area (Å²) in [4.78, 5) is 2.61. The molecule has 1 heterocycles. The van der Waals surface area contributed by atoms with Gasteiger partial charge in [0.2, 0.25) is 0 Å². The standard InChI is InChI=1S/C18H27FN2/c1-13-6-7-14(10-17(13)19)18(20-2)8-9-21-11-15-4-3-5-16(15)12-21/h6-7,10,15-16,18,20H,3-5,8-9,11-12H2,1-2H3. The SMILES string of the molecule is CNC(CCN1CC2CCCC2C1)c1ccc(C)c(F)c1. The summed E-state index contributed by atoms with van der Waals surface area (Å²) in [6, 6.07) is 5.88. The molecule has 1 aliphatic heterocycles. The first-order chi connectivity index (χ1) is 10.2. The summed E-state index contributed by atoms with van der Waals surface area (Å²) < 4.78 is 13.7. The lowest BCUT2D eigenvalue weighted by Gasteiger charge is -2.22. The van der Waals surface area contributed by atoms with Crippen LogP contribution in [0.15, 0.2) is 18.2 Å². The molecule has 3 rings (SSSR count). The number of nitrogens with zero attached hydrogens (tertiary/aromatic N) is 1. The molecular formula is C18H27FN2. The van der Waals surface area contributed by atoms with Crippen molar-refractivity contribution in [3.05, 3.63) is 35.1 Å². The van der Waals surface area contributed by atoms with Crippen LogP contribution in [0.3, 0.4) is 0 Å². The van der Waals surface area contributed by atoms with Gasteiger partial charge in [-0.1, -0.05) is 18.6 Å². The van der Waals surface area contributed by atoms with Gasteiger partial charge in [-0.25, -0.2) is 4.39 Å². The van der Waals surface area contributed by atoms with Gasteiger partial charge in [0.1, 0.15) is 5.82 Å². The highest BCUT2D eigenvalue weighted by Crippen LogP contribution is 2.37. The fraction of sp³-hybridized carbons (Fsp3) is 0.667. The number of hydrogen-bond acceptors (Lipinski definition) is 2. The number of aryl methyl sites for hydroxylation is 1. The molecule has 0 radical (unpaired) electrons. The molecule has 2 nitrogen and oxygen atoms in total. The Bertz CT molecular complexity index is 476. The zero-order chi connectivity index (χ0) is 14.8. The Hall–Kier alpha value is -0.930. The quantitative estimate of drug-likeness (QED) is 0.892. The van der Waals surface area contributed by atoms with Gasteiger partial charge in [-0.3, -0.25) is 0 Å². The van der Waals surface area contributed by atoms with E-state index in [0.29, 0.717) is 0 Å². The highest BCUT2D eigenvalue weighted by atomic mass is 19.1. The van der Waals surface area contributed by atoms with Crippen LogP contribution < -0.4 is 5.32 Å². The van der Waals surface area contributed by atoms with Crippen molar-refractivity contribution < 1.29 is 4.39 Å². The Morgan fingerprint density at radius 1 is 1.29 bits per heavy atom. The lowest BCUT2D eigenvalue weighted by Crippen LogP contribution is -2.27. The average Bonchev–Trinajstić information content (AvgIpc) is 3.04. The van der Waals surface area contributed by atoms with Crippen molar-refractivity contribution in [2.45, 2.75) is 38.6 Å². The number of benzene rings is 1. The Morgan fingerprint density at radius 3 is 2.62 bits per heavy atom. The normalized spacial score (nSPS) is 27.0. The van der Waals surface area contributed by atoms with E-state index in [1.54, 1.807) is 6.07 Å². The Balaban J connectivity index is 1.56. The smallest absolute Gasteiger partial charge is 0.126 e. The molecule has 1 saturated carbocycles. The summed E-state index contributed by atoms with van der Waals surface area (Å²) in [5, 5.41) is 3.35. The molecule has 3 unspecified atom stereocenters. The summed E-state index contributed by atoms with van der Waals surface area (Å²) >= 11 is 0. The predicted molar refractivity (Wildman–Crippen MR) is 84.8 cm³/mol. The van der Waals surface area contributed by atoms with Gasteiger partial charge in [0.25, 0.3) is 0 Å². The molecule has 2 aliphatic rings. The van der Waals surface area contributed by atoms with Gasteiger partial charge in [0.05, 0.1) is 0 Å². The molecule has 2 fully saturated rings. The van der Waals surface area contributed by atoms with E-state index >= 15 is 0 Å². The highest BCUT2D eigenvalue weighted by molar-refractivity contribution is 5.25. The third kappa shape index (κ3) is 3.29. The third-order valence-corrected chi connectivity index (χ3v) is 5.48. The van der Waals surface area contributed by atoms with Crippen molar-refractivity contribution in [2.24, 2.45) is 11.8 Å². The molecular weight excluding hydrogens is 263 g/mol. The van der Waals surface area contributed by atoms with Crippen LogP contribution >= 0.6 is 0 Å². The lowest BCUT2D eigenvalue weighted by atomic mass is 10.0. The van der Waals surface area contributed by atoms with Crippen LogP contribution in [0.5, 0.6) is 0 Å². The third-order valence-electron chi connectivity index (χ3n) is 5.48. The van der Waals surface area contributed by atoms with Crippen molar-refractivity contribution in [1.82, 2.24) is 10.2 Å². The maximum Gasteiger partial charge on any atom is 0.126 e. The van der Waals surface area contributed by atoms with Gasteiger partial charge < -0.3 is 10.2 Å². The minimum absolute atomic E-state index is 0.0940. The van der Waals surface area contributed by atoms with E-state index in [2.05, 4.69) is 16.3 Å². The summed E-state index contributed by atoms with van der Waals surface area (Å²) in [6.45, 7) is 5.50. The van der Waals surface area contributed by atoms with E-state index in [1.807, 2.05) is 20.0 Å². The minimum atomic E-state index is -0.0940. The second-order valence-electron chi connectivity index (χ2n) is 6.85. The van der Waals surface area contributed by atoms with Crippen molar-refractivity contribution >= 4 is 0 Å². The van der Waals surface area contributed by atoms with Gasteiger partial charge in [0, 0.05) is 19.1 Å². The maximum atomic E-state index is 13.7. The molecule has 1 aromatic rings. The van der Waals surface area contributed by atoms with E-state index in [1.165, 1.54) is 32.4 Å². The van der Waals surface area contributed by atoms with Crippen LogP contribution in [0.25, 0.3) is 0 Å². The molecule has 3 atom stereocenters.